The van der Waals surface area contributed by atoms with Crippen molar-refractivity contribution in [2.24, 2.45) is 10.1 Å². The minimum atomic E-state index is 0.103. The number of rotatable bonds is 2. The van der Waals surface area contributed by atoms with Crippen molar-refractivity contribution >= 4 is 11.5 Å². The largest absolute Gasteiger partial charge is 0.317 e. The molecule has 0 aromatic carbocycles. The van der Waals surface area contributed by atoms with Crippen LogP contribution in [-0.4, -0.2) is 30.7 Å². The second kappa shape index (κ2) is 5.82. The van der Waals surface area contributed by atoms with Gasteiger partial charge in [0.25, 0.3) is 0 Å². The maximum Gasteiger partial charge on any atom is 0.169 e. The number of nitrogens with one attached hydrogen (secondary N) is 3. The molecule has 1 aliphatic heterocycles. The van der Waals surface area contributed by atoms with Crippen LogP contribution in [0.2, 0.25) is 0 Å². The molecular weight excluding hydrogens is 214 g/mol. The van der Waals surface area contributed by atoms with Crippen molar-refractivity contribution in [1.29, 1.82) is 10.9 Å². The minimum absolute atomic E-state index is 0.103. The zero-order chi connectivity index (χ0) is 12.1. The van der Waals surface area contributed by atoms with E-state index in [9.17, 15) is 0 Å². The molecule has 1 heterocycles. The first kappa shape index (κ1) is 12.1. The molecule has 2 aliphatic rings. The number of piperidine rings is 1. The summed E-state index contributed by atoms with van der Waals surface area (Å²) in [6.45, 7) is 2.15. The fourth-order valence-electron chi connectivity index (χ4n) is 2.32. The average molecular weight is 233 g/mol. The van der Waals surface area contributed by atoms with Crippen LogP contribution in [0.4, 0.5) is 0 Å². The zero-order valence-corrected chi connectivity index (χ0v) is 10.00. The third-order valence-corrected chi connectivity index (χ3v) is 3.36. The van der Waals surface area contributed by atoms with E-state index in [4.69, 9.17) is 15.9 Å². The van der Waals surface area contributed by atoms with Gasteiger partial charge in [-0.2, -0.15) is 0 Å². The smallest absolute Gasteiger partial charge is 0.169 e. The van der Waals surface area contributed by atoms with Crippen LogP contribution in [0.5, 0.6) is 0 Å². The Labute approximate surface area is 101 Å². The van der Waals surface area contributed by atoms with Crippen LogP contribution in [0, 0.1) is 10.9 Å². The van der Waals surface area contributed by atoms with Gasteiger partial charge in [0.15, 0.2) is 5.84 Å². The van der Waals surface area contributed by atoms with E-state index in [0.717, 1.165) is 50.8 Å². The van der Waals surface area contributed by atoms with Gasteiger partial charge in [0.05, 0.1) is 6.04 Å². The summed E-state index contributed by atoms with van der Waals surface area (Å²) in [4.78, 5) is 4.80. The number of amidine groups is 1. The van der Waals surface area contributed by atoms with Crippen molar-refractivity contribution in [2.45, 2.75) is 38.1 Å². The Kier molecular flexibility index (Phi) is 4.14. The van der Waals surface area contributed by atoms with Gasteiger partial charge in [0.1, 0.15) is 0 Å². The van der Waals surface area contributed by atoms with Crippen LogP contribution in [0.3, 0.4) is 0 Å². The summed E-state index contributed by atoms with van der Waals surface area (Å²) < 4.78 is 0. The van der Waals surface area contributed by atoms with Crippen LogP contribution >= 0.6 is 0 Å². The molecular formula is C12H19N5. The fourth-order valence-corrected chi connectivity index (χ4v) is 2.32. The van der Waals surface area contributed by atoms with Gasteiger partial charge in [0, 0.05) is 12.1 Å². The molecule has 1 aliphatic carbocycles. The Bertz CT molecular complexity index is 363. The van der Waals surface area contributed by atoms with Crippen molar-refractivity contribution in [2.75, 3.05) is 13.1 Å². The molecule has 0 aromatic rings. The van der Waals surface area contributed by atoms with Gasteiger partial charge in [0.2, 0.25) is 0 Å². The topological polar surface area (TPSA) is 84.5 Å². The molecule has 0 saturated carbocycles. The van der Waals surface area contributed by atoms with Gasteiger partial charge in [-0.3, -0.25) is 10.4 Å². The highest BCUT2D eigenvalue weighted by atomic mass is 15.0. The van der Waals surface area contributed by atoms with E-state index in [1.54, 1.807) is 0 Å². The summed E-state index contributed by atoms with van der Waals surface area (Å²) in [5.41, 5.74) is 8.96. The summed E-state index contributed by atoms with van der Waals surface area (Å²) in [7, 11) is 0. The molecule has 1 saturated heterocycles. The van der Waals surface area contributed by atoms with Gasteiger partial charge >= 0.3 is 0 Å². The first-order chi connectivity index (χ1) is 8.29. The zero-order valence-electron chi connectivity index (χ0n) is 10.00. The molecule has 0 spiro atoms. The lowest BCUT2D eigenvalue weighted by Crippen LogP contribution is -2.30. The predicted molar refractivity (Wildman–Crippen MR) is 68.1 cm³/mol. The first-order valence-electron chi connectivity index (χ1n) is 6.21. The number of allylic oxidation sites excluding steroid dienone is 1. The van der Waals surface area contributed by atoms with Gasteiger partial charge in [-0.1, -0.05) is 6.08 Å². The lowest BCUT2D eigenvalue weighted by Gasteiger charge is -2.21. The highest BCUT2D eigenvalue weighted by Crippen LogP contribution is 2.19. The molecule has 92 valence electrons. The van der Waals surface area contributed by atoms with Crippen LogP contribution < -0.4 is 5.32 Å². The highest BCUT2D eigenvalue weighted by molar-refractivity contribution is 5.99. The standard InChI is InChI=1S/C12H19N5/c13-12(17-14)9-1-3-10(4-2-9)16-11-5-7-15-8-6-11/h1,11,13-15H,2-8H2. The quantitative estimate of drug-likeness (QED) is 0.381. The van der Waals surface area contributed by atoms with E-state index in [0.29, 0.717) is 6.04 Å². The maximum absolute atomic E-state index is 7.48. The van der Waals surface area contributed by atoms with Gasteiger partial charge in [-0.15, -0.1) is 5.11 Å². The van der Waals surface area contributed by atoms with Crippen molar-refractivity contribution < 1.29 is 0 Å². The molecule has 2 rings (SSSR count). The van der Waals surface area contributed by atoms with E-state index >= 15 is 0 Å². The molecule has 3 N–H and O–H groups in total. The summed E-state index contributed by atoms with van der Waals surface area (Å²) >= 11 is 0. The Balaban J connectivity index is 1.93. The van der Waals surface area contributed by atoms with E-state index in [-0.39, 0.29) is 5.84 Å². The van der Waals surface area contributed by atoms with Gasteiger partial charge in [-0.05, 0) is 44.3 Å². The number of nitrogens with zero attached hydrogens (tertiary/aromatic N) is 2. The van der Waals surface area contributed by atoms with Crippen LogP contribution in [0.15, 0.2) is 21.8 Å². The summed E-state index contributed by atoms with van der Waals surface area (Å²) in [6.07, 6.45) is 6.84. The van der Waals surface area contributed by atoms with Crippen LogP contribution in [0.1, 0.15) is 32.1 Å². The predicted octanol–water partition coefficient (Wildman–Crippen LogP) is 2.30. The summed E-state index contributed by atoms with van der Waals surface area (Å²) in [5, 5.41) is 14.0. The Morgan fingerprint density at radius 1 is 1.29 bits per heavy atom. The molecule has 0 unspecified atom stereocenters. The number of aliphatic imine (C=N–C) groups is 1. The van der Waals surface area contributed by atoms with E-state index in [2.05, 4.69) is 10.4 Å². The van der Waals surface area contributed by atoms with E-state index in [1.165, 1.54) is 5.71 Å². The normalized spacial score (nSPS) is 24.5. The maximum atomic E-state index is 7.48. The van der Waals surface area contributed by atoms with E-state index in [1.807, 2.05) is 6.08 Å². The molecule has 1 fully saturated rings. The molecule has 5 heteroatoms. The second-order valence-electron chi connectivity index (χ2n) is 4.57. The molecule has 0 aromatic heterocycles. The average Bonchev–Trinajstić information content (AvgIpc) is 2.40. The van der Waals surface area contributed by atoms with Gasteiger partial charge in [-0.25, -0.2) is 5.53 Å². The Morgan fingerprint density at radius 2 is 2.06 bits per heavy atom. The second-order valence-corrected chi connectivity index (χ2v) is 4.57. The molecule has 0 radical (unpaired) electrons. The van der Waals surface area contributed by atoms with Crippen molar-refractivity contribution in [3.63, 3.8) is 0 Å². The van der Waals surface area contributed by atoms with Crippen LogP contribution in [-0.2, 0) is 0 Å². The minimum Gasteiger partial charge on any atom is -0.317 e. The Hall–Kier alpha value is -1.36. The molecule has 0 atom stereocenters. The Morgan fingerprint density at radius 3 is 2.65 bits per heavy atom. The van der Waals surface area contributed by atoms with Crippen molar-refractivity contribution in [1.82, 2.24) is 5.32 Å². The molecule has 5 nitrogen and oxygen atoms in total. The van der Waals surface area contributed by atoms with Crippen molar-refractivity contribution in [3.8, 4) is 0 Å². The van der Waals surface area contributed by atoms with E-state index < -0.39 is 0 Å². The van der Waals surface area contributed by atoms with Crippen molar-refractivity contribution in [3.05, 3.63) is 11.6 Å². The summed E-state index contributed by atoms with van der Waals surface area (Å²) in [5.74, 6) is 0.103. The monoisotopic (exact) mass is 233 g/mol. The number of hydrogen-bond donors (Lipinski definition) is 3. The van der Waals surface area contributed by atoms with Gasteiger partial charge < -0.3 is 5.32 Å². The fraction of sp³-hybridized carbons (Fsp3) is 0.667. The van der Waals surface area contributed by atoms with Crippen LogP contribution in [0.25, 0.3) is 0 Å². The third kappa shape index (κ3) is 3.30. The SMILES string of the molecule is N=NC(=N)C1=CCC(=NC2CCNCC2)CC1. The lowest BCUT2D eigenvalue weighted by atomic mass is 9.96. The number of hydrogen-bond acceptors (Lipinski definition) is 4. The first-order valence-corrected chi connectivity index (χ1v) is 6.21. The lowest BCUT2D eigenvalue weighted by molar-refractivity contribution is 0.458. The summed E-state index contributed by atoms with van der Waals surface area (Å²) in [6, 6.07) is 0.488. The highest BCUT2D eigenvalue weighted by Gasteiger charge is 2.16. The molecule has 17 heavy (non-hydrogen) atoms. The molecule has 0 amide bonds. The molecule has 0 bridgehead atoms. The third-order valence-electron chi connectivity index (χ3n) is 3.36.